The summed E-state index contributed by atoms with van der Waals surface area (Å²) < 4.78 is 0. The highest BCUT2D eigenvalue weighted by Crippen LogP contribution is 2.15. The largest absolute Gasteiger partial charge is 0.241 e. The Hall–Kier alpha value is -0.340. The maximum Gasteiger partial charge on any atom is 0.105 e. The van der Waals surface area contributed by atoms with Gasteiger partial charge in [-0.25, -0.2) is 10.0 Å². The van der Waals surface area contributed by atoms with E-state index in [-0.39, 0.29) is 0 Å². The topological polar surface area (TPSA) is 6.48 Å². The molecule has 1 saturated heterocycles. The fraction of sp³-hybridized carbons (Fsp3) is 0.625. The molecule has 2 nitrogen and oxygen atoms in total. The van der Waals surface area contributed by atoms with Crippen LogP contribution in [-0.4, -0.2) is 29.7 Å². The molecule has 2 aliphatic rings. The summed E-state index contributed by atoms with van der Waals surface area (Å²) in [4.78, 5) is 0. The Morgan fingerprint density at radius 1 is 1.20 bits per heavy atom. The Labute approximate surface area is 62.1 Å². The summed E-state index contributed by atoms with van der Waals surface area (Å²) in [7, 11) is 0. The monoisotopic (exact) mass is 136 g/mol. The van der Waals surface area contributed by atoms with Gasteiger partial charge in [-0.15, -0.1) is 0 Å². The van der Waals surface area contributed by atoms with Gasteiger partial charge < -0.3 is 0 Å². The van der Waals surface area contributed by atoms with Gasteiger partial charge in [-0.2, -0.15) is 0 Å². The first-order valence-corrected chi connectivity index (χ1v) is 3.90. The van der Waals surface area contributed by atoms with Crippen molar-refractivity contribution in [2.24, 2.45) is 0 Å². The van der Waals surface area contributed by atoms with Crippen LogP contribution in [-0.2, 0) is 0 Å². The summed E-state index contributed by atoms with van der Waals surface area (Å²) in [5, 5.41) is 4.53. The van der Waals surface area contributed by atoms with Gasteiger partial charge in [0.1, 0.15) is 6.54 Å². The molecular formula is C8H12N2. The maximum atomic E-state index is 3.18. The van der Waals surface area contributed by atoms with Crippen molar-refractivity contribution in [1.29, 1.82) is 0 Å². The summed E-state index contributed by atoms with van der Waals surface area (Å²) in [6, 6.07) is 0. The normalized spacial score (nSPS) is 28.4. The predicted octanol–water partition coefficient (Wildman–Crippen LogP) is 0.908. The Morgan fingerprint density at radius 3 is 2.60 bits per heavy atom. The minimum Gasteiger partial charge on any atom is -0.241 e. The molecule has 2 heterocycles. The molecule has 0 spiro atoms. The first kappa shape index (κ1) is 6.38. The molecule has 54 valence electrons. The molecule has 1 fully saturated rings. The van der Waals surface area contributed by atoms with E-state index in [1.54, 1.807) is 0 Å². The van der Waals surface area contributed by atoms with Gasteiger partial charge >= 0.3 is 0 Å². The lowest BCUT2D eigenvalue weighted by Crippen LogP contribution is -2.36. The molecule has 0 bridgehead atoms. The summed E-state index contributed by atoms with van der Waals surface area (Å²) >= 11 is 0. The lowest BCUT2D eigenvalue weighted by Gasteiger charge is -2.25. The molecule has 0 aromatic carbocycles. The van der Waals surface area contributed by atoms with Gasteiger partial charge in [0.2, 0.25) is 0 Å². The van der Waals surface area contributed by atoms with Crippen LogP contribution in [0.4, 0.5) is 0 Å². The first-order chi connectivity index (χ1) is 4.97. The number of nitrogens with zero attached hydrogens (tertiary/aromatic N) is 2. The van der Waals surface area contributed by atoms with Gasteiger partial charge in [-0.1, -0.05) is 12.2 Å². The molecule has 10 heavy (non-hydrogen) atoms. The molecule has 0 saturated carbocycles. The lowest BCUT2D eigenvalue weighted by atomic mass is 10.4. The number of hydrazine groups is 1. The fourth-order valence-corrected chi connectivity index (χ4v) is 1.48. The van der Waals surface area contributed by atoms with Crippen LogP contribution in [0.5, 0.6) is 0 Å². The third kappa shape index (κ3) is 1.09. The fourth-order valence-electron chi connectivity index (χ4n) is 1.48. The smallest absolute Gasteiger partial charge is 0.105 e. The van der Waals surface area contributed by atoms with Crippen molar-refractivity contribution in [3.05, 3.63) is 18.7 Å². The lowest BCUT2D eigenvalue weighted by molar-refractivity contribution is 0.0520. The summed E-state index contributed by atoms with van der Waals surface area (Å²) in [5.41, 5.74) is 0. The maximum absolute atomic E-state index is 3.18. The molecule has 0 aromatic rings. The number of rotatable bonds is 1. The van der Waals surface area contributed by atoms with Crippen LogP contribution in [0.15, 0.2) is 12.2 Å². The minimum atomic E-state index is 1.03. The van der Waals surface area contributed by atoms with Crippen LogP contribution >= 0.6 is 0 Å². The van der Waals surface area contributed by atoms with Crippen LogP contribution in [0.1, 0.15) is 12.8 Å². The average Bonchev–Trinajstić information content (AvgIpc) is 2.59. The standard InChI is InChI=1S/C8H12N2/c1-2-6-9(5-1)10-7-3-4-8-10/h1-2H,3-5,7-8H2. The molecule has 2 aliphatic heterocycles. The number of hydrogen-bond donors (Lipinski definition) is 0. The molecule has 0 aliphatic carbocycles. The van der Waals surface area contributed by atoms with E-state index in [4.69, 9.17) is 0 Å². The van der Waals surface area contributed by atoms with E-state index in [9.17, 15) is 0 Å². The molecule has 0 N–H and O–H groups in total. The molecular weight excluding hydrogens is 124 g/mol. The van der Waals surface area contributed by atoms with Gasteiger partial charge in [0.25, 0.3) is 0 Å². The Balaban J connectivity index is 1.87. The van der Waals surface area contributed by atoms with E-state index < -0.39 is 0 Å². The van der Waals surface area contributed by atoms with Gasteiger partial charge in [-0.3, -0.25) is 0 Å². The van der Waals surface area contributed by atoms with E-state index in [0.29, 0.717) is 0 Å². The average molecular weight is 136 g/mol. The second-order valence-electron chi connectivity index (χ2n) is 2.77. The van der Waals surface area contributed by atoms with E-state index in [1.807, 2.05) is 6.08 Å². The zero-order chi connectivity index (χ0) is 6.81. The Bertz CT molecular complexity index is 128. The molecule has 0 atom stereocenters. The summed E-state index contributed by atoms with van der Waals surface area (Å²) in [5.74, 6) is 0. The van der Waals surface area contributed by atoms with E-state index >= 15 is 0 Å². The Kier molecular flexibility index (Phi) is 1.74. The van der Waals surface area contributed by atoms with Crippen molar-refractivity contribution < 1.29 is 0 Å². The van der Waals surface area contributed by atoms with Crippen molar-refractivity contribution in [2.75, 3.05) is 19.6 Å². The zero-order valence-corrected chi connectivity index (χ0v) is 6.08. The van der Waals surface area contributed by atoms with Crippen LogP contribution in [0, 0.1) is 6.54 Å². The predicted molar refractivity (Wildman–Crippen MR) is 39.9 cm³/mol. The van der Waals surface area contributed by atoms with Crippen molar-refractivity contribution in [3.8, 4) is 0 Å². The highest BCUT2D eigenvalue weighted by atomic mass is 15.6. The zero-order valence-electron chi connectivity index (χ0n) is 6.08. The van der Waals surface area contributed by atoms with Gasteiger partial charge in [0, 0.05) is 19.6 Å². The molecule has 2 rings (SSSR count). The van der Waals surface area contributed by atoms with Crippen LogP contribution < -0.4 is 0 Å². The van der Waals surface area contributed by atoms with Crippen molar-refractivity contribution in [2.45, 2.75) is 12.8 Å². The van der Waals surface area contributed by atoms with Gasteiger partial charge in [-0.05, 0) is 12.8 Å². The van der Waals surface area contributed by atoms with Crippen molar-refractivity contribution >= 4 is 0 Å². The highest BCUT2D eigenvalue weighted by molar-refractivity contribution is 5.03. The SMILES string of the molecule is [C]1C=CCN1N1CCCC1. The van der Waals surface area contributed by atoms with E-state index in [2.05, 4.69) is 22.6 Å². The highest BCUT2D eigenvalue weighted by Gasteiger charge is 2.19. The molecule has 0 aromatic heterocycles. The van der Waals surface area contributed by atoms with Crippen molar-refractivity contribution in [3.63, 3.8) is 0 Å². The van der Waals surface area contributed by atoms with Crippen molar-refractivity contribution in [1.82, 2.24) is 10.0 Å². The third-order valence-electron chi connectivity index (χ3n) is 2.04. The summed E-state index contributed by atoms with van der Waals surface area (Å²) in [6.45, 7) is 6.64. The molecule has 2 radical (unpaired) electrons. The molecule has 0 amide bonds. The minimum absolute atomic E-state index is 1.03. The van der Waals surface area contributed by atoms with Crippen LogP contribution in [0.2, 0.25) is 0 Å². The summed E-state index contributed by atoms with van der Waals surface area (Å²) in [6.07, 6.45) is 6.83. The molecule has 0 unspecified atom stereocenters. The second kappa shape index (κ2) is 2.72. The first-order valence-electron chi connectivity index (χ1n) is 3.90. The van der Waals surface area contributed by atoms with E-state index in [1.165, 1.54) is 25.9 Å². The Morgan fingerprint density at radius 2 is 2.00 bits per heavy atom. The van der Waals surface area contributed by atoms with Gasteiger partial charge in [0.15, 0.2) is 0 Å². The van der Waals surface area contributed by atoms with Crippen LogP contribution in [0.3, 0.4) is 0 Å². The quantitative estimate of drug-likeness (QED) is 0.528. The van der Waals surface area contributed by atoms with Gasteiger partial charge in [0.05, 0.1) is 0 Å². The second-order valence-corrected chi connectivity index (χ2v) is 2.77. The molecule has 2 heteroatoms. The van der Waals surface area contributed by atoms with E-state index in [0.717, 1.165) is 6.54 Å². The van der Waals surface area contributed by atoms with Crippen LogP contribution in [0.25, 0.3) is 0 Å². The third-order valence-corrected chi connectivity index (χ3v) is 2.04. The number of hydrogen-bond acceptors (Lipinski definition) is 2.